The predicted molar refractivity (Wildman–Crippen MR) is 79.0 cm³/mol. The van der Waals surface area contributed by atoms with E-state index in [1.54, 1.807) is 30.0 Å². The summed E-state index contributed by atoms with van der Waals surface area (Å²) < 4.78 is 15.7. The molecule has 1 saturated heterocycles. The third-order valence-electron chi connectivity index (χ3n) is 3.68. The molecule has 2 amide bonds. The third kappa shape index (κ3) is 3.14. The molecule has 2 rings (SSSR count). The summed E-state index contributed by atoms with van der Waals surface area (Å²) in [5.41, 5.74) is 4.60. The van der Waals surface area contributed by atoms with Crippen LogP contribution in [-0.2, 0) is 9.53 Å². The number of hydrogen-bond acceptors (Lipinski definition) is 5. The van der Waals surface area contributed by atoms with E-state index < -0.39 is 11.5 Å². The van der Waals surface area contributed by atoms with Crippen molar-refractivity contribution in [3.63, 3.8) is 0 Å². The van der Waals surface area contributed by atoms with Gasteiger partial charge in [-0.1, -0.05) is 0 Å². The molecule has 1 aromatic rings. The number of hydrogen-bond donors (Lipinski definition) is 1. The average Bonchev–Trinajstić information content (AvgIpc) is 2.53. The molecule has 1 aliphatic rings. The molecule has 0 bridgehead atoms. The molecule has 0 spiro atoms. The fourth-order valence-electron chi connectivity index (χ4n) is 2.31. The maximum absolute atomic E-state index is 12.7. The number of benzene rings is 1. The molecular weight excluding hydrogens is 288 g/mol. The summed E-state index contributed by atoms with van der Waals surface area (Å²) in [6.45, 7) is 2.34. The van der Waals surface area contributed by atoms with Crippen LogP contribution < -0.4 is 15.2 Å². The molecule has 0 radical (unpaired) electrons. The van der Waals surface area contributed by atoms with E-state index in [1.165, 1.54) is 14.2 Å². The molecular formula is C15H20N2O5. The number of morpholine rings is 1. The Balaban J connectivity index is 2.26. The first kappa shape index (κ1) is 16.1. The molecule has 1 atom stereocenters. The Bertz CT molecular complexity index is 567. The number of carbonyl (C=O) groups is 2. The van der Waals surface area contributed by atoms with Crippen molar-refractivity contribution in [3.05, 3.63) is 23.8 Å². The second kappa shape index (κ2) is 6.23. The molecule has 7 heteroatoms. The normalized spacial score (nSPS) is 21.3. The number of nitrogens with zero attached hydrogens (tertiary/aromatic N) is 1. The van der Waals surface area contributed by atoms with Gasteiger partial charge < -0.3 is 24.8 Å². The van der Waals surface area contributed by atoms with Crippen LogP contribution in [0.4, 0.5) is 0 Å². The molecule has 1 unspecified atom stereocenters. The zero-order valence-corrected chi connectivity index (χ0v) is 12.9. The lowest BCUT2D eigenvalue weighted by molar-refractivity contribution is -0.150. The smallest absolute Gasteiger partial charge is 0.254 e. The van der Waals surface area contributed by atoms with Crippen LogP contribution in [0, 0.1) is 0 Å². The summed E-state index contributed by atoms with van der Waals surface area (Å²) in [6, 6.07) is 4.94. The van der Waals surface area contributed by atoms with Crippen molar-refractivity contribution in [2.24, 2.45) is 5.73 Å². The Morgan fingerprint density at radius 2 is 1.82 bits per heavy atom. The van der Waals surface area contributed by atoms with Crippen LogP contribution in [-0.4, -0.2) is 56.2 Å². The lowest BCUT2D eigenvalue weighted by Gasteiger charge is -2.38. The quantitative estimate of drug-likeness (QED) is 0.870. The number of carbonyl (C=O) groups excluding carboxylic acids is 2. The molecule has 22 heavy (non-hydrogen) atoms. The van der Waals surface area contributed by atoms with Crippen molar-refractivity contribution in [1.82, 2.24) is 4.90 Å². The third-order valence-corrected chi connectivity index (χ3v) is 3.68. The van der Waals surface area contributed by atoms with Crippen LogP contribution in [0.25, 0.3) is 0 Å². The Hall–Kier alpha value is -2.28. The number of ether oxygens (including phenoxy) is 3. The maximum atomic E-state index is 12.7. The van der Waals surface area contributed by atoms with Crippen LogP contribution in [0.5, 0.6) is 11.5 Å². The Morgan fingerprint density at radius 1 is 1.23 bits per heavy atom. The van der Waals surface area contributed by atoms with Crippen LogP contribution >= 0.6 is 0 Å². The van der Waals surface area contributed by atoms with Gasteiger partial charge in [0.15, 0.2) is 5.60 Å². The van der Waals surface area contributed by atoms with Gasteiger partial charge in [0, 0.05) is 18.2 Å². The lowest BCUT2D eigenvalue weighted by atomic mass is 10.0. The minimum absolute atomic E-state index is 0.112. The highest BCUT2D eigenvalue weighted by molar-refractivity contribution is 5.96. The number of rotatable bonds is 4. The molecule has 0 aliphatic carbocycles. The van der Waals surface area contributed by atoms with Gasteiger partial charge in [0.25, 0.3) is 11.8 Å². The van der Waals surface area contributed by atoms with Crippen LogP contribution in [0.15, 0.2) is 18.2 Å². The summed E-state index contributed by atoms with van der Waals surface area (Å²) >= 11 is 0. The van der Waals surface area contributed by atoms with Gasteiger partial charge in [0.1, 0.15) is 11.5 Å². The monoisotopic (exact) mass is 308 g/mol. The standard InChI is InChI=1S/C15H20N2O5/c1-15(14(16)19)9-17(4-5-22-15)13(18)10-6-11(20-2)8-12(7-10)21-3/h6-8H,4-5,9H2,1-3H3,(H2,16,19). The Labute approximate surface area is 128 Å². The van der Waals surface area contributed by atoms with Crippen molar-refractivity contribution in [3.8, 4) is 11.5 Å². The van der Waals surface area contributed by atoms with E-state index in [1.807, 2.05) is 0 Å². The molecule has 120 valence electrons. The second-order valence-electron chi connectivity index (χ2n) is 5.27. The highest BCUT2D eigenvalue weighted by atomic mass is 16.5. The van der Waals surface area contributed by atoms with E-state index in [4.69, 9.17) is 19.9 Å². The summed E-state index contributed by atoms with van der Waals surface area (Å²) in [6.07, 6.45) is 0. The van der Waals surface area contributed by atoms with Gasteiger partial charge in [0.2, 0.25) is 0 Å². The van der Waals surface area contributed by atoms with Crippen molar-refractivity contribution in [2.75, 3.05) is 33.9 Å². The van der Waals surface area contributed by atoms with E-state index in [9.17, 15) is 9.59 Å². The molecule has 2 N–H and O–H groups in total. The number of nitrogens with two attached hydrogens (primary N) is 1. The zero-order valence-electron chi connectivity index (χ0n) is 12.9. The molecule has 1 aromatic carbocycles. The summed E-state index contributed by atoms with van der Waals surface area (Å²) in [5.74, 6) is 0.225. The van der Waals surface area contributed by atoms with Gasteiger partial charge in [0.05, 0.1) is 27.4 Å². The first-order valence-electron chi connectivity index (χ1n) is 6.86. The number of primary amides is 1. The van der Waals surface area contributed by atoms with E-state index >= 15 is 0 Å². The lowest BCUT2D eigenvalue weighted by Crippen LogP contribution is -2.58. The first-order chi connectivity index (χ1) is 10.4. The van der Waals surface area contributed by atoms with E-state index in [-0.39, 0.29) is 19.1 Å². The molecule has 1 fully saturated rings. The summed E-state index contributed by atoms with van der Waals surface area (Å²) in [7, 11) is 3.03. The SMILES string of the molecule is COc1cc(OC)cc(C(=O)N2CCOC(C)(C(N)=O)C2)c1. The Morgan fingerprint density at radius 3 is 2.32 bits per heavy atom. The highest BCUT2D eigenvalue weighted by Crippen LogP contribution is 2.25. The van der Waals surface area contributed by atoms with Crippen molar-refractivity contribution >= 4 is 11.8 Å². The van der Waals surface area contributed by atoms with Crippen molar-refractivity contribution < 1.29 is 23.8 Å². The summed E-state index contributed by atoms with van der Waals surface area (Å²) in [4.78, 5) is 25.7. The van der Waals surface area contributed by atoms with Gasteiger partial charge in [-0.3, -0.25) is 9.59 Å². The molecule has 0 aromatic heterocycles. The van der Waals surface area contributed by atoms with Gasteiger partial charge in [-0.2, -0.15) is 0 Å². The maximum Gasteiger partial charge on any atom is 0.254 e. The van der Waals surface area contributed by atoms with E-state index in [2.05, 4.69) is 0 Å². The van der Waals surface area contributed by atoms with Crippen molar-refractivity contribution in [1.29, 1.82) is 0 Å². The fraction of sp³-hybridized carbons (Fsp3) is 0.467. The van der Waals surface area contributed by atoms with Crippen molar-refractivity contribution in [2.45, 2.75) is 12.5 Å². The minimum Gasteiger partial charge on any atom is -0.497 e. The van der Waals surface area contributed by atoms with E-state index in [0.29, 0.717) is 23.6 Å². The van der Waals surface area contributed by atoms with Gasteiger partial charge in [-0.05, 0) is 19.1 Å². The fourth-order valence-corrected chi connectivity index (χ4v) is 2.31. The van der Waals surface area contributed by atoms with Gasteiger partial charge >= 0.3 is 0 Å². The van der Waals surface area contributed by atoms with Crippen LogP contribution in [0.3, 0.4) is 0 Å². The molecule has 0 saturated carbocycles. The second-order valence-corrected chi connectivity index (χ2v) is 5.27. The molecule has 1 aliphatic heterocycles. The number of methoxy groups -OCH3 is 2. The minimum atomic E-state index is -1.17. The molecule has 7 nitrogen and oxygen atoms in total. The summed E-state index contributed by atoms with van der Waals surface area (Å²) in [5, 5.41) is 0. The van der Waals surface area contributed by atoms with Crippen LogP contribution in [0.1, 0.15) is 17.3 Å². The van der Waals surface area contributed by atoms with Gasteiger partial charge in [-0.15, -0.1) is 0 Å². The highest BCUT2D eigenvalue weighted by Gasteiger charge is 2.39. The van der Waals surface area contributed by atoms with Gasteiger partial charge in [-0.25, -0.2) is 0 Å². The average molecular weight is 308 g/mol. The Kier molecular flexibility index (Phi) is 4.56. The first-order valence-corrected chi connectivity index (χ1v) is 6.86. The predicted octanol–water partition coefficient (Wildman–Crippen LogP) is 0.420. The zero-order chi connectivity index (χ0) is 16.3. The molecule has 1 heterocycles. The van der Waals surface area contributed by atoms with E-state index in [0.717, 1.165) is 0 Å². The number of amides is 2. The van der Waals surface area contributed by atoms with Crippen LogP contribution in [0.2, 0.25) is 0 Å². The topological polar surface area (TPSA) is 91.1 Å². The largest absolute Gasteiger partial charge is 0.497 e.